The Morgan fingerprint density at radius 2 is 2.25 bits per heavy atom. The number of aromatic amines is 1. The Kier molecular flexibility index (Phi) is 5.02. The van der Waals surface area contributed by atoms with Gasteiger partial charge in [0.25, 0.3) is 5.91 Å². The Morgan fingerprint density at radius 3 is 3.07 bits per heavy atom. The van der Waals surface area contributed by atoms with Crippen molar-refractivity contribution in [1.29, 1.82) is 0 Å². The molecule has 146 valence electrons. The first-order valence-electron chi connectivity index (χ1n) is 9.14. The van der Waals surface area contributed by atoms with Crippen molar-refractivity contribution in [3.8, 4) is 0 Å². The van der Waals surface area contributed by atoms with Crippen molar-refractivity contribution in [2.75, 3.05) is 6.54 Å². The summed E-state index contributed by atoms with van der Waals surface area (Å²) in [5, 5.41) is 23.8. The van der Waals surface area contributed by atoms with Gasteiger partial charge in [-0.25, -0.2) is 4.98 Å². The average molecular weight is 383 g/mol. The van der Waals surface area contributed by atoms with E-state index in [1.54, 1.807) is 35.3 Å². The maximum absolute atomic E-state index is 12.6. The average Bonchev–Trinajstić information content (AvgIpc) is 3.43. The van der Waals surface area contributed by atoms with Gasteiger partial charge in [-0.15, -0.1) is 10.2 Å². The molecule has 10 heteroatoms. The van der Waals surface area contributed by atoms with Crippen LogP contribution in [-0.4, -0.2) is 60.2 Å². The number of aliphatic hydroxyl groups excluding tert-OH is 1. The second-order valence-electron chi connectivity index (χ2n) is 6.92. The van der Waals surface area contributed by atoms with Crippen LogP contribution in [0.2, 0.25) is 0 Å². The van der Waals surface area contributed by atoms with E-state index in [4.69, 9.17) is 0 Å². The summed E-state index contributed by atoms with van der Waals surface area (Å²) in [7, 11) is 0. The van der Waals surface area contributed by atoms with Gasteiger partial charge < -0.3 is 20.7 Å². The Hall–Kier alpha value is -3.27. The van der Waals surface area contributed by atoms with E-state index in [0.717, 1.165) is 5.69 Å². The highest BCUT2D eigenvalue weighted by Crippen LogP contribution is 2.26. The normalized spacial score (nSPS) is 21.7. The summed E-state index contributed by atoms with van der Waals surface area (Å²) in [6.45, 7) is 0.486. The highest BCUT2D eigenvalue weighted by Gasteiger charge is 2.37. The smallest absolute Gasteiger partial charge is 0.255 e. The zero-order valence-electron chi connectivity index (χ0n) is 15.1. The van der Waals surface area contributed by atoms with E-state index in [1.165, 1.54) is 6.33 Å². The fourth-order valence-electron chi connectivity index (χ4n) is 3.55. The number of aromatic nitrogens is 5. The van der Waals surface area contributed by atoms with Gasteiger partial charge in [-0.05, 0) is 25.0 Å². The minimum Gasteiger partial charge on any atom is -0.391 e. The Labute approximate surface area is 160 Å². The number of amides is 2. The molecule has 0 spiro atoms. The number of hydrogen-bond acceptors (Lipinski definition) is 6. The molecular weight excluding hydrogens is 362 g/mol. The molecule has 4 rings (SSSR count). The number of hydrogen-bond donors (Lipinski definition) is 4. The van der Waals surface area contributed by atoms with Crippen LogP contribution in [0.15, 0.2) is 37.2 Å². The van der Waals surface area contributed by atoms with E-state index in [1.807, 2.05) is 0 Å². The molecular formula is C18H21N7O3. The van der Waals surface area contributed by atoms with Crippen molar-refractivity contribution in [3.05, 3.63) is 48.4 Å². The molecule has 0 aliphatic heterocycles. The molecule has 3 aromatic rings. The van der Waals surface area contributed by atoms with Crippen LogP contribution in [0.4, 0.5) is 0 Å². The Morgan fingerprint density at radius 1 is 1.36 bits per heavy atom. The number of nitrogens with zero attached hydrogens (tertiary/aromatic N) is 4. The second-order valence-corrected chi connectivity index (χ2v) is 6.92. The van der Waals surface area contributed by atoms with Crippen molar-refractivity contribution in [1.82, 2.24) is 35.2 Å². The van der Waals surface area contributed by atoms with Gasteiger partial charge in [-0.1, -0.05) is 0 Å². The summed E-state index contributed by atoms with van der Waals surface area (Å²) in [6.07, 6.45) is 7.16. The van der Waals surface area contributed by atoms with Crippen LogP contribution < -0.4 is 10.6 Å². The number of carbonyl (C=O) groups is 2. The molecule has 1 saturated carbocycles. The number of imidazole rings is 1. The lowest BCUT2D eigenvalue weighted by atomic mass is 10.1. The van der Waals surface area contributed by atoms with Crippen LogP contribution in [0.5, 0.6) is 0 Å². The van der Waals surface area contributed by atoms with E-state index in [0.29, 0.717) is 37.0 Å². The molecule has 0 aromatic carbocycles. The highest BCUT2D eigenvalue weighted by molar-refractivity contribution is 5.99. The maximum Gasteiger partial charge on any atom is 0.255 e. The zero-order chi connectivity index (χ0) is 19.5. The lowest BCUT2D eigenvalue weighted by molar-refractivity contribution is -0.125. The monoisotopic (exact) mass is 383 g/mol. The summed E-state index contributed by atoms with van der Waals surface area (Å²) in [4.78, 5) is 31.9. The molecule has 1 aliphatic rings. The number of rotatable bonds is 6. The molecule has 0 bridgehead atoms. The third kappa shape index (κ3) is 3.72. The van der Waals surface area contributed by atoms with Crippen LogP contribution in [0.3, 0.4) is 0 Å². The standard InChI is InChI=1S/C18H21N7O3/c26-15-7-11(17(27)20-4-3-12-8-19-9-21-12)6-14(15)23-18(28)13-2-1-5-25-10-22-24-16(13)25/h1-2,5,8-11,14-15,26H,3-4,6-7H2,(H,19,21)(H,20,27)(H,23,28)/t11-,14+,15+/m0/s1. The molecule has 10 nitrogen and oxygen atoms in total. The van der Waals surface area contributed by atoms with Crippen LogP contribution in [0.25, 0.3) is 5.65 Å². The second kappa shape index (κ2) is 7.77. The van der Waals surface area contributed by atoms with Crippen molar-refractivity contribution >= 4 is 17.5 Å². The molecule has 2 amide bonds. The van der Waals surface area contributed by atoms with Gasteiger partial charge in [-0.2, -0.15) is 0 Å². The van der Waals surface area contributed by atoms with E-state index in [2.05, 4.69) is 30.8 Å². The van der Waals surface area contributed by atoms with Crippen LogP contribution >= 0.6 is 0 Å². The molecule has 0 radical (unpaired) electrons. The predicted molar refractivity (Wildman–Crippen MR) is 98.3 cm³/mol. The quantitative estimate of drug-likeness (QED) is 0.460. The van der Waals surface area contributed by atoms with Crippen molar-refractivity contribution in [2.24, 2.45) is 5.92 Å². The first-order chi connectivity index (χ1) is 13.6. The fourth-order valence-corrected chi connectivity index (χ4v) is 3.55. The lowest BCUT2D eigenvalue weighted by Gasteiger charge is -2.16. The largest absolute Gasteiger partial charge is 0.391 e. The molecule has 28 heavy (non-hydrogen) atoms. The summed E-state index contributed by atoms with van der Waals surface area (Å²) < 4.78 is 1.65. The van der Waals surface area contributed by atoms with Gasteiger partial charge in [-0.3, -0.25) is 14.0 Å². The molecule has 0 unspecified atom stereocenters. The fraction of sp³-hybridized carbons (Fsp3) is 0.389. The zero-order valence-corrected chi connectivity index (χ0v) is 15.1. The van der Waals surface area contributed by atoms with Gasteiger partial charge in [0, 0.05) is 37.0 Å². The minimum absolute atomic E-state index is 0.116. The maximum atomic E-state index is 12.6. The third-order valence-electron chi connectivity index (χ3n) is 5.03. The van der Waals surface area contributed by atoms with Gasteiger partial charge >= 0.3 is 0 Å². The third-order valence-corrected chi connectivity index (χ3v) is 5.03. The van der Waals surface area contributed by atoms with Crippen molar-refractivity contribution in [2.45, 2.75) is 31.4 Å². The topological polar surface area (TPSA) is 137 Å². The van der Waals surface area contributed by atoms with E-state index < -0.39 is 12.1 Å². The lowest BCUT2D eigenvalue weighted by Crippen LogP contribution is -2.40. The van der Waals surface area contributed by atoms with Crippen LogP contribution in [0, 0.1) is 5.92 Å². The number of carbonyl (C=O) groups excluding carboxylic acids is 2. The molecule has 3 heterocycles. The molecule has 3 aromatic heterocycles. The van der Waals surface area contributed by atoms with Crippen LogP contribution in [-0.2, 0) is 11.2 Å². The highest BCUT2D eigenvalue weighted by atomic mass is 16.3. The summed E-state index contributed by atoms with van der Waals surface area (Å²) in [6, 6.07) is 2.89. The van der Waals surface area contributed by atoms with Gasteiger partial charge in [0.1, 0.15) is 6.33 Å². The van der Waals surface area contributed by atoms with Crippen LogP contribution in [0.1, 0.15) is 28.9 Å². The SMILES string of the molecule is O=C(N[C@@H]1C[C@H](C(=O)NCCc2cnc[nH]2)C[C@H]1O)c1cccn2cnnc12. The number of aliphatic hydroxyl groups is 1. The molecule has 1 aliphatic carbocycles. The Balaban J connectivity index is 1.33. The van der Waals surface area contributed by atoms with Gasteiger partial charge in [0.15, 0.2) is 5.65 Å². The number of nitrogens with one attached hydrogen (secondary N) is 3. The minimum atomic E-state index is -0.773. The molecule has 1 fully saturated rings. The predicted octanol–water partition coefficient (Wildman–Crippen LogP) is -0.319. The summed E-state index contributed by atoms with van der Waals surface area (Å²) in [5.41, 5.74) is 1.76. The molecule has 4 N–H and O–H groups in total. The first-order valence-corrected chi connectivity index (χ1v) is 9.14. The molecule has 3 atom stereocenters. The van der Waals surface area contributed by atoms with Crippen molar-refractivity contribution in [3.63, 3.8) is 0 Å². The van der Waals surface area contributed by atoms with Gasteiger partial charge in [0.2, 0.25) is 5.91 Å². The first kappa shape index (κ1) is 18.1. The van der Waals surface area contributed by atoms with Gasteiger partial charge in [0.05, 0.1) is 24.0 Å². The number of pyridine rings is 1. The van der Waals surface area contributed by atoms with E-state index >= 15 is 0 Å². The summed E-state index contributed by atoms with van der Waals surface area (Å²) in [5.74, 6) is -0.802. The molecule has 0 saturated heterocycles. The Bertz CT molecular complexity index is 969. The van der Waals surface area contributed by atoms with E-state index in [9.17, 15) is 14.7 Å². The van der Waals surface area contributed by atoms with Crippen molar-refractivity contribution < 1.29 is 14.7 Å². The number of H-pyrrole nitrogens is 1. The summed E-state index contributed by atoms with van der Waals surface area (Å²) >= 11 is 0. The van der Waals surface area contributed by atoms with E-state index in [-0.39, 0.29) is 17.7 Å². The number of fused-ring (bicyclic) bond motifs is 1.